The molecular formula is C30H42N2O7. The van der Waals surface area contributed by atoms with Crippen molar-refractivity contribution in [2.24, 2.45) is 0 Å². The quantitative estimate of drug-likeness (QED) is 0.400. The Kier molecular flexibility index (Phi) is 11.3. The first-order chi connectivity index (χ1) is 18.2. The fourth-order valence-electron chi connectivity index (χ4n) is 3.79. The van der Waals surface area contributed by atoms with E-state index in [-0.39, 0.29) is 18.6 Å². The number of hydrogen-bond donors (Lipinski definition) is 2. The molecule has 0 aliphatic carbocycles. The molecule has 0 aromatic heterocycles. The van der Waals surface area contributed by atoms with Crippen LogP contribution in [0.2, 0.25) is 0 Å². The van der Waals surface area contributed by atoms with E-state index in [0.717, 1.165) is 11.1 Å². The largest absolute Gasteiger partial charge is 0.488 e. The van der Waals surface area contributed by atoms with Gasteiger partial charge in [0.1, 0.15) is 30.0 Å². The molecule has 2 rings (SSSR count). The van der Waals surface area contributed by atoms with E-state index >= 15 is 0 Å². The topological polar surface area (TPSA) is 112 Å². The van der Waals surface area contributed by atoms with Crippen LogP contribution in [0.15, 0.2) is 54.6 Å². The molecule has 0 heterocycles. The third-order valence-corrected chi connectivity index (χ3v) is 5.37. The van der Waals surface area contributed by atoms with Gasteiger partial charge in [0.05, 0.1) is 18.8 Å². The molecule has 9 nitrogen and oxygen atoms in total. The van der Waals surface area contributed by atoms with Gasteiger partial charge < -0.3 is 29.6 Å². The highest BCUT2D eigenvalue weighted by Crippen LogP contribution is 2.20. The number of rotatable bonds is 11. The number of hydrogen-bond acceptors (Lipinski definition) is 7. The van der Waals surface area contributed by atoms with Crippen molar-refractivity contribution in [2.75, 3.05) is 7.11 Å². The van der Waals surface area contributed by atoms with Crippen molar-refractivity contribution in [3.63, 3.8) is 0 Å². The van der Waals surface area contributed by atoms with E-state index in [1.54, 1.807) is 6.92 Å². The molecule has 0 saturated heterocycles. The maximum absolute atomic E-state index is 13.4. The normalized spacial score (nSPS) is 13.9. The lowest BCUT2D eigenvalue weighted by atomic mass is 10.0. The van der Waals surface area contributed by atoms with Gasteiger partial charge in [-0.15, -0.1) is 0 Å². The number of ether oxygens (including phenoxy) is 4. The summed E-state index contributed by atoms with van der Waals surface area (Å²) in [4.78, 5) is 38.7. The Morgan fingerprint density at radius 2 is 1.44 bits per heavy atom. The summed E-state index contributed by atoms with van der Waals surface area (Å²) in [5, 5.41) is 5.32. The highest BCUT2D eigenvalue weighted by atomic mass is 16.6. The Balaban J connectivity index is 2.16. The van der Waals surface area contributed by atoms with E-state index in [9.17, 15) is 14.4 Å². The average Bonchev–Trinajstić information content (AvgIpc) is 2.84. The maximum atomic E-state index is 13.4. The van der Waals surface area contributed by atoms with Crippen molar-refractivity contribution in [3.8, 4) is 5.75 Å². The predicted octanol–water partition coefficient (Wildman–Crippen LogP) is 4.56. The summed E-state index contributed by atoms with van der Waals surface area (Å²) in [7, 11) is 1.25. The fraction of sp³-hybridized carbons (Fsp3) is 0.500. The molecule has 0 unspecified atom stereocenters. The molecule has 2 aromatic rings. The minimum Gasteiger partial charge on any atom is -0.488 e. The molecule has 0 spiro atoms. The van der Waals surface area contributed by atoms with E-state index in [1.807, 2.05) is 96.1 Å². The fourth-order valence-corrected chi connectivity index (χ4v) is 3.79. The van der Waals surface area contributed by atoms with Gasteiger partial charge in [0.15, 0.2) is 0 Å². The SMILES string of the molecule is COC(=O)[C@@H](Cc1ccc(OC(C)(C)C)cc1)NC(=O)[C@H](NC(=O)OCc1ccccc1)[C@H](C)OC(C)(C)C. The average molecular weight is 543 g/mol. The summed E-state index contributed by atoms with van der Waals surface area (Å²) in [6.07, 6.45) is -1.35. The van der Waals surface area contributed by atoms with Gasteiger partial charge in [-0.2, -0.15) is 0 Å². The van der Waals surface area contributed by atoms with Gasteiger partial charge in [0.2, 0.25) is 5.91 Å². The Labute approximate surface area is 231 Å². The van der Waals surface area contributed by atoms with Crippen LogP contribution < -0.4 is 15.4 Å². The minimum absolute atomic E-state index is 0.0369. The summed E-state index contributed by atoms with van der Waals surface area (Å²) in [5.41, 5.74) is 0.654. The number of nitrogens with one attached hydrogen (secondary N) is 2. The standard InChI is InChI=1S/C30H42N2O7/c1-20(38-29(2,3)4)25(32-28(35)37-19-22-12-10-9-11-13-22)26(33)31-24(27(34)36-8)18-21-14-16-23(17-15-21)39-30(5,6)7/h9-17,20,24-25H,18-19H2,1-8H3,(H,31,33)(H,32,35)/t20-,24+,25+/m0/s1. The third kappa shape index (κ3) is 11.8. The number of carbonyl (C=O) groups is 3. The number of alkyl carbamates (subject to hydrolysis) is 1. The van der Waals surface area contributed by atoms with Crippen molar-refractivity contribution >= 4 is 18.0 Å². The van der Waals surface area contributed by atoms with Gasteiger partial charge in [0.25, 0.3) is 0 Å². The molecule has 0 bridgehead atoms. The van der Waals surface area contributed by atoms with E-state index in [4.69, 9.17) is 18.9 Å². The van der Waals surface area contributed by atoms with E-state index < -0.39 is 41.8 Å². The molecule has 0 aliphatic heterocycles. The molecule has 2 N–H and O–H groups in total. The highest BCUT2D eigenvalue weighted by Gasteiger charge is 2.34. The number of amides is 2. The minimum atomic E-state index is -1.14. The second-order valence-electron chi connectivity index (χ2n) is 11.3. The molecule has 2 amide bonds. The Hall–Kier alpha value is -3.59. The maximum Gasteiger partial charge on any atom is 0.408 e. The second kappa shape index (κ2) is 14.0. The lowest BCUT2D eigenvalue weighted by Crippen LogP contribution is -2.57. The van der Waals surface area contributed by atoms with Crippen LogP contribution in [0.3, 0.4) is 0 Å². The van der Waals surface area contributed by atoms with Crippen LogP contribution in [0.5, 0.6) is 5.75 Å². The molecule has 0 radical (unpaired) electrons. The van der Waals surface area contributed by atoms with E-state index in [1.165, 1.54) is 7.11 Å². The first-order valence-electron chi connectivity index (χ1n) is 13.0. The molecular weight excluding hydrogens is 500 g/mol. The smallest absolute Gasteiger partial charge is 0.408 e. The lowest BCUT2D eigenvalue weighted by Gasteiger charge is -2.31. The summed E-state index contributed by atoms with van der Waals surface area (Å²) < 4.78 is 22.1. The third-order valence-electron chi connectivity index (χ3n) is 5.37. The van der Waals surface area contributed by atoms with E-state index in [0.29, 0.717) is 5.75 Å². The first-order valence-corrected chi connectivity index (χ1v) is 13.0. The molecule has 2 aromatic carbocycles. The van der Waals surface area contributed by atoms with Crippen molar-refractivity contribution in [2.45, 2.75) is 90.9 Å². The van der Waals surface area contributed by atoms with Crippen LogP contribution in [-0.2, 0) is 36.8 Å². The van der Waals surface area contributed by atoms with Gasteiger partial charge in [-0.1, -0.05) is 42.5 Å². The van der Waals surface area contributed by atoms with Crippen LogP contribution in [-0.4, -0.2) is 54.5 Å². The monoisotopic (exact) mass is 542 g/mol. The van der Waals surface area contributed by atoms with Crippen molar-refractivity contribution in [1.82, 2.24) is 10.6 Å². The molecule has 9 heteroatoms. The summed E-state index contributed by atoms with van der Waals surface area (Å²) >= 11 is 0. The Morgan fingerprint density at radius 1 is 0.821 bits per heavy atom. The number of esters is 1. The zero-order chi connectivity index (χ0) is 29.2. The Bertz CT molecular complexity index is 1070. The van der Waals surface area contributed by atoms with Crippen LogP contribution >= 0.6 is 0 Å². The molecule has 214 valence electrons. The lowest BCUT2D eigenvalue weighted by molar-refractivity contribution is -0.146. The van der Waals surface area contributed by atoms with Crippen LogP contribution in [0, 0.1) is 0 Å². The van der Waals surface area contributed by atoms with Crippen LogP contribution in [0.25, 0.3) is 0 Å². The predicted molar refractivity (Wildman–Crippen MR) is 148 cm³/mol. The zero-order valence-corrected chi connectivity index (χ0v) is 24.2. The van der Waals surface area contributed by atoms with Crippen LogP contribution in [0.4, 0.5) is 4.79 Å². The highest BCUT2D eigenvalue weighted by molar-refractivity contribution is 5.90. The van der Waals surface area contributed by atoms with Crippen LogP contribution in [0.1, 0.15) is 59.6 Å². The van der Waals surface area contributed by atoms with Crippen molar-refractivity contribution in [1.29, 1.82) is 0 Å². The summed E-state index contributed by atoms with van der Waals surface area (Å²) in [6.45, 7) is 13.1. The summed E-state index contributed by atoms with van der Waals surface area (Å²) in [5.74, 6) is -0.531. The summed E-state index contributed by atoms with van der Waals surface area (Å²) in [6, 6.07) is 14.3. The van der Waals surface area contributed by atoms with Gasteiger partial charge >= 0.3 is 12.1 Å². The van der Waals surface area contributed by atoms with Gasteiger partial charge in [0, 0.05) is 6.42 Å². The number of methoxy groups -OCH3 is 1. The van der Waals surface area contributed by atoms with Crippen molar-refractivity contribution < 1.29 is 33.3 Å². The zero-order valence-electron chi connectivity index (χ0n) is 24.2. The molecule has 0 aliphatic rings. The van der Waals surface area contributed by atoms with Gasteiger partial charge in [-0.05, 0) is 71.7 Å². The molecule has 39 heavy (non-hydrogen) atoms. The van der Waals surface area contributed by atoms with Crippen molar-refractivity contribution in [3.05, 3.63) is 65.7 Å². The van der Waals surface area contributed by atoms with Gasteiger partial charge in [-0.25, -0.2) is 9.59 Å². The first kappa shape index (κ1) is 31.6. The molecule has 0 fully saturated rings. The number of carbonyl (C=O) groups excluding carboxylic acids is 3. The molecule has 3 atom stereocenters. The Morgan fingerprint density at radius 3 is 1.97 bits per heavy atom. The van der Waals surface area contributed by atoms with E-state index in [2.05, 4.69) is 10.6 Å². The number of benzene rings is 2. The van der Waals surface area contributed by atoms with Gasteiger partial charge in [-0.3, -0.25) is 4.79 Å². The second-order valence-corrected chi connectivity index (χ2v) is 11.3. The molecule has 0 saturated carbocycles.